The summed E-state index contributed by atoms with van der Waals surface area (Å²) in [4.78, 5) is 4.22. The van der Waals surface area contributed by atoms with Crippen LogP contribution in [0.4, 0.5) is 0 Å². The largest absolute Gasteiger partial charge is 0.328 e. The average molecular weight is 241 g/mol. The molecule has 1 rings (SSSR count). The Morgan fingerprint density at radius 1 is 1.50 bits per heavy atom. The molecule has 1 aromatic heterocycles. The van der Waals surface area contributed by atoms with Gasteiger partial charge in [-0.05, 0) is 24.8 Å². The minimum absolute atomic E-state index is 0.294. The highest BCUT2D eigenvalue weighted by atomic mass is 32.1. The van der Waals surface area contributed by atoms with Gasteiger partial charge in [0.15, 0.2) is 0 Å². The molecule has 0 aliphatic rings. The van der Waals surface area contributed by atoms with E-state index in [1.807, 2.05) is 5.51 Å². The van der Waals surface area contributed by atoms with Crippen molar-refractivity contribution in [3.8, 4) is 0 Å². The summed E-state index contributed by atoms with van der Waals surface area (Å²) in [6.07, 6.45) is 2.10. The molecule has 0 fully saturated rings. The van der Waals surface area contributed by atoms with Crippen LogP contribution in [0.15, 0.2) is 10.9 Å². The molecule has 16 heavy (non-hydrogen) atoms. The Kier molecular flexibility index (Phi) is 5.38. The van der Waals surface area contributed by atoms with E-state index < -0.39 is 0 Å². The Morgan fingerprint density at radius 2 is 2.25 bits per heavy atom. The Morgan fingerprint density at radius 3 is 2.81 bits per heavy atom. The summed E-state index contributed by atoms with van der Waals surface area (Å²) in [6, 6.07) is 0.294. The van der Waals surface area contributed by atoms with E-state index >= 15 is 0 Å². The molecule has 3 nitrogen and oxygen atoms in total. The van der Waals surface area contributed by atoms with Gasteiger partial charge in [-0.1, -0.05) is 20.8 Å². The van der Waals surface area contributed by atoms with Crippen LogP contribution in [0.3, 0.4) is 0 Å². The molecule has 0 bridgehead atoms. The van der Waals surface area contributed by atoms with Gasteiger partial charge in [0.2, 0.25) is 0 Å². The maximum atomic E-state index is 6.07. The van der Waals surface area contributed by atoms with E-state index in [1.165, 1.54) is 0 Å². The van der Waals surface area contributed by atoms with E-state index in [-0.39, 0.29) is 0 Å². The van der Waals surface area contributed by atoms with E-state index in [9.17, 15) is 0 Å². The minimum atomic E-state index is 0.294. The van der Waals surface area contributed by atoms with Gasteiger partial charge in [-0.2, -0.15) is 0 Å². The van der Waals surface area contributed by atoms with Crippen molar-refractivity contribution in [3.05, 3.63) is 16.6 Å². The predicted octanol–water partition coefficient (Wildman–Crippen LogP) is 2.39. The number of hydrogen-bond acceptors (Lipinski definition) is 4. The molecule has 3 N–H and O–H groups in total. The zero-order chi connectivity index (χ0) is 12.0. The Bertz CT molecular complexity index is 277. The van der Waals surface area contributed by atoms with Crippen molar-refractivity contribution in [2.75, 3.05) is 6.54 Å². The fraction of sp³-hybridized carbons (Fsp3) is 0.750. The van der Waals surface area contributed by atoms with Crippen LogP contribution >= 0.6 is 11.3 Å². The van der Waals surface area contributed by atoms with Crippen LogP contribution in [-0.4, -0.2) is 17.6 Å². The van der Waals surface area contributed by atoms with Crippen molar-refractivity contribution in [1.82, 2.24) is 10.3 Å². The number of rotatable bonds is 6. The maximum absolute atomic E-state index is 6.07. The van der Waals surface area contributed by atoms with Crippen LogP contribution < -0.4 is 11.1 Å². The number of nitrogens with two attached hydrogens (primary N) is 1. The summed E-state index contributed by atoms with van der Waals surface area (Å²) >= 11 is 1.64. The Balaban J connectivity index is 2.07. The zero-order valence-corrected chi connectivity index (χ0v) is 11.3. The second-order valence-corrected chi connectivity index (χ2v) is 6.19. The van der Waals surface area contributed by atoms with E-state index in [0.717, 1.165) is 31.6 Å². The predicted molar refractivity (Wildman–Crippen MR) is 70.5 cm³/mol. The van der Waals surface area contributed by atoms with Gasteiger partial charge in [-0.15, -0.1) is 11.3 Å². The molecule has 0 amide bonds. The van der Waals surface area contributed by atoms with Gasteiger partial charge < -0.3 is 11.1 Å². The molecule has 1 aromatic rings. The van der Waals surface area contributed by atoms with Gasteiger partial charge in [0.1, 0.15) is 0 Å². The maximum Gasteiger partial charge on any atom is 0.0795 e. The highest BCUT2D eigenvalue weighted by Crippen LogP contribution is 2.20. The van der Waals surface area contributed by atoms with Gasteiger partial charge >= 0.3 is 0 Å². The minimum Gasteiger partial charge on any atom is -0.328 e. The second-order valence-electron chi connectivity index (χ2n) is 5.47. The lowest BCUT2D eigenvalue weighted by molar-refractivity contribution is 0.329. The summed E-state index contributed by atoms with van der Waals surface area (Å²) < 4.78 is 0. The van der Waals surface area contributed by atoms with Crippen LogP contribution in [0.5, 0.6) is 0 Å². The van der Waals surface area contributed by atoms with E-state index in [1.54, 1.807) is 11.3 Å². The summed E-state index contributed by atoms with van der Waals surface area (Å²) in [5, 5.41) is 5.44. The smallest absolute Gasteiger partial charge is 0.0795 e. The lowest BCUT2D eigenvalue weighted by Crippen LogP contribution is -2.30. The van der Waals surface area contributed by atoms with Crippen LogP contribution in [-0.2, 0) is 6.54 Å². The normalized spacial score (nSPS) is 14.0. The highest BCUT2D eigenvalue weighted by molar-refractivity contribution is 7.07. The van der Waals surface area contributed by atoms with Gasteiger partial charge in [-0.3, -0.25) is 0 Å². The van der Waals surface area contributed by atoms with E-state index in [2.05, 4.69) is 36.5 Å². The van der Waals surface area contributed by atoms with Crippen LogP contribution in [0.1, 0.15) is 39.3 Å². The number of hydrogen-bond donors (Lipinski definition) is 2. The van der Waals surface area contributed by atoms with Gasteiger partial charge in [0, 0.05) is 18.0 Å². The molecule has 1 unspecified atom stereocenters. The third-order valence-corrected chi connectivity index (χ3v) is 2.99. The fourth-order valence-electron chi connectivity index (χ4n) is 1.72. The molecular formula is C12H23N3S. The van der Waals surface area contributed by atoms with Gasteiger partial charge in [-0.25, -0.2) is 4.98 Å². The molecule has 1 atom stereocenters. The molecule has 0 aliphatic carbocycles. The van der Waals surface area contributed by atoms with Gasteiger partial charge in [0.25, 0.3) is 0 Å². The molecule has 0 radical (unpaired) electrons. The summed E-state index contributed by atoms with van der Waals surface area (Å²) in [5.74, 6) is 0. The average Bonchev–Trinajstić information content (AvgIpc) is 2.62. The van der Waals surface area contributed by atoms with Crippen molar-refractivity contribution >= 4 is 11.3 Å². The third kappa shape index (κ3) is 6.20. The van der Waals surface area contributed by atoms with Crippen molar-refractivity contribution in [3.63, 3.8) is 0 Å². The highest BCUT2D eigenvalue weighted by Gasteiger charge is 2.14. The summed E-state index contributed by atoms with van der Waals surface area (Å²) in [7, 11) is 0. The van der Waals surface area contributed by atoms with Crippen molar-refractivity contribution in [2.24, 2.45) is 11.1 Å². The first-order valence-corrected chi connectivity index (χ1v) is 6.75. The SMILES string of the molecule is CC(C)(C)CC(N)CCNCc1cscn1. The van der Waals surface area contributed by atoms with Crippen molar-refractivity contribution in [2.45, 2.75) is 46.2 Å². The number of nitrogens with one attached hydrogen (secondary N) is 1. The quantitative estimate of drug-likeness (QED) is 0.752. The Hall–Kier alpha value is -0.450. The second kappa shape index (κ2) is 6.33. The molecule has 92 valence electrons. The third-order valence-electron chi connectivity index (χ3n) is 2.36. The first-order valence-electron chi connectivity index (χ1n) is 5.81. The topological polar surface area (TPSA) is 50.9 Å². The van der Waals surface area contributed by atoms with Crippen LogP contribution in [0, 0.1) is 5.41 Å². The molecule has 0 aromatic carbocycles. The summed E-state index contributed by atoms with van der Waals surface area (Å²) in [5.41, 5.74) is 9.38. The molecule has 0 aliphatic heterocycles. The number of thiazole rings is 1. The fourth-order valence-corrected chi connectivity index (χ4v) is 2.28. The van der Waals surface area contributed by atoms with Crippen molar-refractivity contribution in [1.29, 1.82) is 0 Å². The van der Waals surface area contributed by atoms with Crippen LogP contribution in [0.2, 0.25) is 0 Å². The van der Waals surface area contributed by atoms with Gasteiger partial charge in [0.05, 0.1) is 11.2 Å². The first kappa shape index (κ1) is 13.6. The molecule has 0 saturated heterocycles. The lowest BCUT2D eigenvalue weighted by atomic mass is 9.87. The van der Waals surface area contributed by atoms with Crippen LogP contribution in [0.25, 0.3) is 0 Å². The summed E-state index contributed by atoms with van der Waals surface area (Å²) in [6.45, 7) is 8.52. The first-order chi connectivity index (χ1) is 7.47. The molecule has 0 saturated carbocycles. The molecular weight excluding hydrogens is 218 g/mol. The number of nitrogens with zero attached hydrogens (tertiary/aromatic N) is 1. The van der Waals surface area contributed by atoms with E-state index in [4.69, 9.17) is 5.73 Å². The van der Waals surface area contributed by atoms with Crippen molar-refractivity contribution < 1.29 is 0 Å². The zero-order valence-electron chi connectivity index (χ0n) is 10.5. The standard InChI is InChI=1S/C12H23N3S/c1-12(2,3)6-10(13)4-5-14-7-11-8-16-9-15-11/h8-10,14H,4-7,13H2,1-3H3. The lowest BCUT2D eigenvalue weighted by Gasteiger charge is -2.23. The Labute approximate surface area is 102 Å². The molecule has 0 spiro atoms. The monoisotopic (exact) mass is 241 g/mol. The molecule has 1 heterocycles. The molecule has 4 heteroatoms. The van der Waals surface area contributed by atoms with E-state index in [0.29, 0.717) is 11.5 Å². The number of aromatic nitrogens is 1.